The van der Waals surface area contributed by atoms with Crippen LogP contribution in [0.2, 0.25) is 0 Å². The normalized spacial score (nSPS) is 11.9. The lowest BCUT2D eigenvalue weighted by molar-refractivity contribution is -0.385. The van der Waals surface area contributed by atoms with Gasteiger partial charge in [0.05, 0.1) is 16.2 Å². The highest BCUT2D eigenvalue weighted by Gasteiger charge is 2.17. The first-order valence-electron chi connectivity index (χ1n) is 11.1. The van der Waals surface area contributed by atoms with Gasteiger partial charge in [-0.1, -0.05) is 68.9 Å². The van der Waals surface area contributed by atoms with E-state index in [0.29, 0.717) is 17.3 Å². The Balaban J connectivity index is 1.57. The average Bonchev–Trinajstić information content (AvgIpc) is 3.25. The summed E-state index contributed by atoms with van der Waals surface area (Å²) in [6, 6.07) is 14.7. The zero-order chi connectivity index (χ0) is 25.4. The Kier molecular flexibility index (Phi) is 8.53. The molecule has 0 saturated carbocycles. The molecule has 0 bridgehead atoms. The van der Waals surface area contributed by atoms with Crippen molar-refractivity contribution in [2.75, 3.05) is 5.75 Å². The first-order chi connectivity index (χ1) is 16.7. The van der Waals surface area contributed by atoms with Crippen LogP contribution in [0.4, 0.5) is 5.69 Å². The third-order valence-corrected chi connectivity index (χ3v) is 6.10. The fraction of sp³-hybridized carbons (Fsp3) is 0.280. The van der Waals surface area contributed by atoms with Crippen molar-refractivity contribution in [3.05, 3.63) is 75.8 Å². The minimum atomic E-state index is -0.447. The summed E-state index contributed by atoms with van der Waals surface area (Å²) in [5, 5.41) is 24.1. The number of rotatable bonds is 9. The van der Waals surface area contributed by atoms with Crippen LogP contribution in [0, 0.1) is 10.1 Å². The van der Waals surface area contributed by atoms with E-state index in [1.807, 2.05) is 23.6 Å². The van der Waals surface area contributed by atoms with Crippen molar-refractivity contribution in [1.82, 2.24) is 20.2 Å². The molecule has 0 unspecified atom stereocenters. The third-order valence-electron chi connectivity index (χ3n) is 5.13. The van der Waals surface area contributed by atoms with E-state index in [2.05, 4.69) is 53.6 Å². The number of nitro groups is 1. The van der Waals surface area contributed by atoms with Crippen molar-refractivity contribution < 1.29 is 9.72 Å². The van der Waals surface area contributed by atoms with E-state index in [1.54, 1.807) is 24.3 Å². The van der Waals surface area contributed by atoms with Gasteiger partial charge in [0.1, 0.15) is 0 Å². The monoisotopic (exact) mass is 492 g/mol. The van der Waals surface area contributed by atoms with Crippen molar-refractivity contribution in [3.8, 4) is 11.4 Å². The Morgan fingerprint density at radius 2 is 1.89 bits per heavy atom. The lowest BCUT2D eigenvalue weighted by Crippen LogP contribution is -2.19. The number of nitrogens with zero attached hydrogens (tertiary/aromatic N) is 5. The Labute approximate surface area is 208 Å². The number of carbonyl (C=O) groups is 1. The van der Waals surface area contributed by atoms with Gasteiger partial charge in [0.15, 0.2) is 11.0 Å². The van der Waals surface area contributed by atoms with E-state index >= 15 is 0 Å². The number of para-hydroxylation sites is 1. The quantitative estimate of drug-likeness (QED) is 0.193. The van der Waals surface area contributed by atoms with Crippen molar-refractivity contribution in [3.63, 3.8) is 0 Å². The minimum absolute atomic E-state index is 0.00198. The molecule has 3 aromatic rings. The predicted molar refractivity (Wildman–Crippen MR) is 139 cm³/mol. The maximum Gasteiger partial charge on any atom is 0.276 e. The second kappa shape index (κ2) is 11.6. The molecule has 3 rings (SSSR count). The van der Waals surface area contributed by atoms with E-state index in [9.17, 15) is 14.9 Å². The fourth-order valence-electron chi connectivity index (χ4n) is 3.27. The topological polar surface area (TPSA) is 115 Å². The number of nitrogens with one attached hydrogen (secondary N) is 1. The lowest BCUT2D eigenvalue weighted by atomic mass is 9.87. The molecule has 0 spiro atoms. The molecule has 2 aromatic carbocycles. The molecule has 182 valence electrons. The first kappa shape index (κ1) is 25.8. The molecule has 0 aliphatic carbocycles. The maximum atomic E-state index is 12.2. The highest BCUT2D eigenvalue weighted by atomic mass is 32.2. The molecule has 1 N–H and O–H groups in total. The average molecular weight is 493 g/mol. The predicted octanol–water partition coefficient (Wildman–Crippen LogP) is 5.08. The molecule has 0 aliphatic heterocycles. The lowest BCUT2D eigenvalue weighted by Gasteiger charge is -2.19. The van der Waals surface area contributed by atoms with Gasteiger partial charge in [0, 0.05) is 24.4 Å². The second-order valence-electron chi connectivity index (χ2n) is 8.65. The van der Waals surface area contributed by atoms with Gasteiger partial charge >= 0.3 is 0 Å². The van der Waals surface area contributed by atoms with Gasteiger partial charge < -0.3 is 4.57 Å². The molecule has 0 atom stereocenters. The molecule has 0 saturated heterocycles. The van der Waals surface area contributed by atoms with Gasteiger partial charge in [-0.25, -0.2) is 5.43 Å². The summed E-state index contributed by atoms with van der Waals surface area (Å²) >= 11 is 1.28. The van der Waals surface area contributed by atoms with E-state index in [4.69, 9.17) is 0 Å². The number of thioether (sulfide) groups is 1. The first-order valence-corrected chi connectivity index (χ1v) is 12.1. The van der Waals surface area contributed by atoms with Gasteiger partial charge in [-0.3, -0.25) is 14.9 Å². The van der Waals surface area contributed by atoms with Crippen LogP contribution in [-0.4, -0.2) is 37.6 Å². The summed E-state index contributed by atoms with van der Waals surface area (Å²) in [6.45, 7) is 9.19. The number of hydrazone groups is 1. The van der Waals surface area contributed by atoms with Crippen LogP contribution in [0.1, 0.15) is 38.8 Å². The van der Waals surface area contributed by atoms with Crippen molar-refractivity contribution in [2.45, 2.75) is 44.8 Å². The van der Waals surface area contributed by atoms with Crippen LogP contribution < -0.4 is 5.43 Å². The molecule has 35 heavy (non-hydrogen) atoms. The van der Waals surface area contributed by atoms with Gasteiger partial charge in [-0.2, -0.15) is 5.10 Å². The van der Waals surface area contributed by atoms with E-state index in [0.717, 1.165) is 11.4 Å². The molecule has 0 radical (unpaired) electrons. The summed E-state index contributed by atoms with van der Waals surface area (Å²) in [5.74, 6) is 0.577. The van der Waals surface area contributed by atoms with Gasteiger partial charge in [-0.15, -0.1) is 10.2 Å². The van der Waals surface area contributed by atoms with E-state index in [-0.39, 0.29) is 22.8 Å². The van der Waals surface area contributed by atoms with E-state index < -0.39 is 4.92 Å². The molecule has 1 heterocycles. The molecular weight excluding hydrogens is 464 g/mol. The van der Waals surface area contributed by atoms with Gasteiger partial charge in [0.2, 0.25) is 0 Å². The summed E-state index contributed by atoms with van der Waals surface area (Å²) in [5.41, 5.74) is 5.18. The summed E-state index contributed by atoms with van der Waals surface area (Å²) in [4.78, 5) is 22.8. The summed E-state index contributed by atoms with van der Waals surface area (Å²) in [7, 11) is 0. The maximum absolute atomic E-state index is 12.2. The smallest absolute Gasteiger partial charge is 0.276 e. The molecular formula is C25H28N6O3S. The SMILES string of the molecule is CCn1c(SCC(=O)N/N=C/C=C\c2ccccc2[N+](=O)[O-])nnc1-c1ccc(C(C)(C)C)cc1. The number of amides is 1. The summed E-state index contributed by atoms with van der Waals surface area (Å²) < 4.78 is 1.98. The Morgan fingerprint density at radius 3 is 2.54 bits per heavy atom. The molecule has 0 fully saturated rings. The number of aromatic nitrogens is 3. The Hall–Kier alpha value is -3.79. The number of benzene rings is 2. The van der Waals surface area contributed by atoms with Crippen LogP contribution in [0.25, 0.3) is 17.5 Å². The Bertz CT molecular complexity index is 1240. The molecule has 10 heteroatoms. The molecule has 1 aromatic heterocycles. The minimum Gasteiger partial charge on any atom is -0.302 e. The van der Waals surface area contributed by atoms with Crippen molar-refractivity contribution >= 4 is 35.6 Å². The van der Waals surface area contributed by atoms with Crippen molar-refractivity contribution in [2.24, 2.45) is 5.10 Å². The van der Waals surface area contributed by atoms with Gasteiger partial charge in [-0.05, 0) is 36.1 Å². The van der Waals surface area contributed by atoms with Crippen LogP contribution in [0.5, 0.6) is 0 Å². The van der Waals surface area contributed by atoms with Crippen LogP contribution in [0.15, 0.2) is 64.9 Å². The zero-order valence-electron chi connectivity index (χ0n) is 20.1. The highest BCUT2D eigenvalue weighted by molar-refractivity contribution is 7.99. The fourth-order valence-corrected chi connectivity index (χ4v) is 4.06. The van der Waals surface area contributed by atoms with Crippen LogP contribution >= 0.6 is 11.8 Å². The number of hydrogen-bond acceptors (Lipinski definition) is 7. The van der Waals surface area contributed by atoms with Crippen molar-refractivity contribution in [1.29, 1.82) is 0 Å². The third kappa shape index (κ3) is 6.86. The number of carbonyl (C=O) groups excluding carboxylic acids is 1. The summed E-state index contributed by atoms with van der Waals surface area (Å²) in [6.07, 6.45) is 4.45. The van der Waals surface area contributed by atoms with E-state index in [1.165, 1.54) is 35.7 Å². The van der Waals surface area contributed by atoms with Crippen LogP contribution in [-0.2, 0) is 16.8 Å². The highest BCUT2D eigenvalue weighted by Crippen LogP contribution is 2.27. The number of allylic oxidation sites excluding steroid dienone is 1. The Morgan fingerprint density at radius 1 is 1.17 bits per heavy atom. The number of nitro benzene ring substituents is 1. The van der Waals surface area contributed by atoms with Crippen LogP contribution in [0.3, 0.4) is 0 Å². The second-order valence-corrected chi connectivity index (χ2v) is 9.60. The zero-order valence-corrected chi connectivity index (χ0v) is 21.0. The molecule has 9 nitrogen and oxygen atoms in total. The molecule has 0 aliphatic rings. The number of hydrogen-bond donors (Lipinski definition) is 1. The molecule has 1 amide bonds. The van der Waals surface area contributed by atoms with Gasteiger partial charge in [0.25, 0.3) is 11.6 Å². The largest absolute Gasteiger partial charge is 0.302 e. The standard InChI is InChI=1S/C25H28N6O3S/c1-5-30-23(19-12-14-20(15-13-19)25(2,3)4)28-29-24(30)35-17-22(32)27-26-16-8-10-18-9-6-7-11-21(18)31(33)34/h6-16H,5,17H2,1-4H3,(H,27,32)/b10-8-,26-16+.